The third kappa shape index (κ3) is 2.23. The van der Waals surface area contributed by atoms with E-state index in [0.29, 0.717) is 16.8 Å². The highest BCUT2D eigenvalue weighted by Gasteiger charge is 2.12. The maximum Gasteiger partial charge on any atom is 0.152 e. The molecule has 74 valence electrons. The van der Waals surface area contributed by atoms with Gasteiger partial charge in [0.1, 0.15) is 5.82 Å². The predicted octanol–water partition coefficient (Wildman–Crippen LogP) is 1.76. The van der Waals surface area contributed by atoms with Gasteiger partial charge in [0.25, 0.3) is 0 Å². The van der Waals surface area contributed by atoms with Crippen LogP contribution in [0.1, 0.15) is 25.4 Å². The molecule has 4 heteroatoms. The fraction of sp³-hybridized carbons (Fsp3) is 0.667. The van der Waals surface area contributed by atoms with Gasteiger partial charge >= 0.3 is 0 Å². The molecule has 1 aromatic rings. The molecule has 3 nitrogen and oxygen atoms in total. The maximum atomic E-state index is 9.00. The van der Waals surface area contributed by atoms with Crippen LogP contribution in [0, 0.1) is 5.92 Å². The largest absolute Gasteiger partial charge is 0.390 e. The van der Waals surface area contributed by atoms with Crippen molar-refractivity contribution in [3.8, 4) is 0 Å². The maximum absolute atomic E-state index is 9.00. The van der Waals surface area contributed by atoms with Crippen LogP contribution in [-0.2, 0) is 20.1 Å². The van der Waals surface area contributed by atoms with Gasteiger partial charge in [-0.1, -0.05) is 25.4 Å². The van der Waals surface area contributed by atoms with Crippen molar-refractivity contribution in [3.05, 3.63) is 16.7 Å². The zero-order chi connectivity index (χ0) is 10.0. The molecule has 1 rings (SSSR count). The van der Waals surface area contributed by atoms with Crippen LogP contribution in [0.2, 0.25) is 5.15 Å². The predicted molar refractivity (Wildman–Crippen MR) is 52.7 cm³/mol. The molecule has 0 aliphatic heterocycles. The minimum atomic E-state index is -0.0551. The molecule has 1 N–H and O–H groups in total. The standard InChI is InChI=1S/C9H15ClN2O/c1-6(2)4-8-11-9(10)7(5-13)12(8)3/h6,13H,4-5H2,1-3H3. The Balaban J connectivity index is 2.96. The molecule has 0 atom stereocenters. The van der Waals surface area contributed by atoms with Crippen molar-refractivity contribution < 1.29 is 5.11 Å². The van der Waals surface area contributed by atoms with Crippen LogP contribution < -0.4 is 0 Å². The number of aromatic nitrogens is 2. The molecule has 0 spiro atoms. The molecule has 1 heterocycles. The molecule has 0 bridgehead atoms. The van der Waals surface area contributed by atoms with E-state index in [0.717, 1.165) is 12.2 Å². The monoisotopic (exact) mass is 202 g/mol. The summed E-state index contributed by atoms with van der Waals surface area (Å²) in [6.07, 6.45) is 0.885. The SMILES string of the molecule is CC(C)Cc1nc(Cl)c(CO)n1C. The second kappa shape index (κ2) is 4.11. The van der Waals surface area contributed by atoms with Crippen molar-refractivity contribution in [3.63, 3.8) is 0 Å². The first kappa shape index (κ1) is 10.5. The molecule has 0 fully saturated rings. The summed E-state index contributed by atoms with van der Waals surface area (Å²) in [5, 5.41) is 9.42. The van der Waals surface area contributed by atoms with Crippen LogP contribution in [0.5, 0.6) is 0 Å². The Hall–Kier alpha value is -0.540. The second-order valence-corrected chi connectivity index (χ2v) is 3.94. The number of aliphatic hydroxyl groups excluding tert-OH is 1. The Morgan fingerprint density at radius 3 is 2.54 bits per heavy atom. The highest BCUT2D eigenvalue weighted by atomic mass is 35.5. The topological polar surface area (TPSA) is 38.1 Å². The zero-order valence-corrected chi connectivity index (χ0v) is 8.97. The van der Waals surface area contributed by atoms with E-state index in [2.05, 4.69) is 18.8 Å². The second-order valence-electron chi connectivity index (χ2n) is 3.58. The van der Waals surface area contributed by atoms with Gasteiger partial charge in [0.15, 0.2) is 5.15 Å². The van der Waals surface area contributed by atoms with Gasteiger partial charge in [-0.3, -0.25) is 0 Å². The minimum Gasteiger partial charge on any atom is -0.390 e. The summed E-state index contributed by atoms with van der Waals surface area (Å²) >= 11 is 5.84. The number of imidazole rings is 1. The smallest absolute Gasteiger partial charge is 0.152 e. The number of hydrogen-bond donors (Lipinski definition) is 1. The van der Waals surface area contributed by atoms with E-state index in [1.807, 2.05) is 11.6 Å². The van der Waals surface area contributed by atoms with Crippen molar-refractivity contribution in [2.75, 3.05) is 0 Å². The van der Waals surface area contributed by atoms with Crippen LogP contribution in [0.4, 0.5) is 0 Å². The van der Waals surface area contributed by atoms with Crippen molar-refractivity contribution in [2.24, 2.45) is 13.0 Å². The van der Waals surface area contributed by atoms with Gasteiger partial charge in [-0.05, 0) is 5.92 Å². The van der Waals surface area contributed by atoms with Crippen LogP contribution in [-0.4, -0.2) is 14.7 Å². The first-order valence-corrected chi connectivity index (χ1v) is 4.74. The third-order valence-corrected chi connectivity index (χ3v) is 2.30. The normalized spacial score (nSPS) is 11.2. The van der Waals surface area contributed by atoms with E-state index >= 15 is 0 Å². The van der Waals surface area contributed by atoms with E-state index in [1.54, 1.807) is 0 Å². The Morgan fingerprint density at radius 1 is 1.54 bits per heavy atom. The van der Waals surface area contributed by atoms with Gasteiger partial charge in [-0.25, -0.2) is 4.98 Å². The summed E-state index contributed by atoms with van der Waals surface area (Å²) < 4.78 is 1.86. The Labute approximate surface area is 83.4 Å². The molecule has 0 unspecified atom stereocenters. The van der Waals surface area contributed by atoms with E-state index in [4.69, 9.17) is 16.7 Å². The fourth-order valence-corrected chi connectivity index (χ4v) is 1.55. The summed E-state index contributed by atoms with van der Waals surface area (Å²) in [6.45, 7) is 4.20. The summed E-state index contributed by atoms with van der Waals surface area (Å²) in [5.41, 5.74) is 0.692. The summed E-state index contributed by atoms with van der Waals surface area (Å²) in [4.78, 5) is 4.19. The Morgan fingerprint density at radius 2 is 2.15 bits per heavy atom. The number of rotatable bonds is 3. The lowest BCUT2D eigenvalue weighted by atomic mass is 10.1. The van der Waals surface area contributed by atoms with E-state index in [-0.39, 0.29) is 6.61 Å². The average molecular weight is 203 g/mol. The van der Waals surface area contributed by atoms with Crippen molar-refractivity contribution in [1.29, 1.82) is 0 Å². The number of aliphatic hydroxyl groups is 1. The van der Waals surface area contributed by atoms with E-state index in [9.17, 15) is 0 Å². The first-order chi connectivity index (χ1) is 6.06. The van der Waals surface area contributed by atoms with Crippen LogP contribution in [0.25, 0.3) is 0 Å². The molecule has 0 aromatic carbocycles. The molecule has 0 saturated heterocycles. The zero-order valence-electron chi connectivity index (χ0n) is 8.21. The quantitative estimate of drug-likeness (QED) is 0.811. The summed E-state index contributed by atoms with van der Waals surface area (Å²) in [5.74, 6) is 1.48. The molecule has 13 heavy (non-hydrogen) atoms. The Bertz CT molecular complexity index is 294. The van der Waals surface area contributed by atoms with Crippen LogP contribution in [0.15, 0.2) is 0 Å². The highest BCUT2D eigenvalue weighted by Crippen LogP contribution is 2.17. The molecular weight excluding hydrogens is 188 g/mol. The van der Waals surface area contributed by atoms with E-state index < -0.39 is 0 Å². The highest BCUT2D eigenvalue weighted by molar-refractivity contribution is 6.30. The fourth-order valence-electron chi connectivity index (χ4n) is 1.27. The molecular formula is C9H15ClN2O. The number of hydrogen-bond acceptors (Lipinski definition) is 2. The van der Waals surface area contributed by atoms with Gasteiger partial charge in [-0.15, -0.1) is 0 Å². The van der Waals surface area contributed by atoms with Gasteiger partial charge < -0.3 is 9.67 Å². The molecule has 0 saturated carbocycles. The third-order valence-electron chi connectivity index (χ3n) is 2.00. The minimum absolute atomic E-state index is 0.0551. The van der Waals surface area contributed by atoms with Crippen molar-refractivity contribution >= 4 is 11.6 Å². The molecule has 0 aliphatic carbocycles. The molecule has 1 aromatic heterocycles. The average Bonchev–Trinajstić information content (AvgIpc) is 2.26. The van der Waals surface area contributed by atoms with Gasteiger partial charge in [0.05, 0.1) is 12.3 Å². The molecule has 0 radical (unpaired) electrons. The number of halogens is 1. The van der Waals surface area contributed by atoms with Crippen molar-refractivity contribution in [2.45, 2.75) is 26.9 Å². The molecule has 0 amide bonds. The lowest BCUT2D eigenvalue weighted by molar-refractivity contribution is 0.272. The van der Waals surface area contributed by atoms with Gasteiger partial charge in [0, 0.05) is 13.5 Å². The van der Waals surface area contributed by atoms with Crippen molar-refractivity contribution in [1.82, 2.24) is 9.55 Å². The lowest BCUT2D eigenvalue weighted by Crippen LogP contribution is -2.05. The lowest BCUT2D eigenvalue weighted by Gasteiger charge is -2.05. The number of nitrogens with zero attached hydrogens (tertiary/aromatic N) is 2. The van der Waals surface area contributed by atoms with Gasteiger partial charge in [0.2, 0.25) is 0 Å². The summed E-state index contributed by atoms with van der Waals surface area (Å²) in [7, 11) is 1.88. The van der Waals surface area contributed by atoms with Gasteiger partial charge in [-0.2, -0.15) is 0 Å². The Kier molecular flexibility index (Phi) is 3.33. The first-order valence-electron chi connectivity index (χ1n) is 4.37. The van der Waals surface area contributed by atoms with E-state index in [1.165, 1.54) is 0 Å². The van der Waals surface area contributed by atoms with Crippen LogP contribution in [0.3, 0.4) is 0 Å². The molecule has 0 aliphatic rings. The van der Waals surface area contributed by atoms with Crippen LogP contribution >= 0.6 is 11.6 Å². The summed E-state index contributed by atoms with van der Waals surface area (Å²) in [6, 6.07) is 0.